The van der Waals surface area contributed by atoms with E-state index in [1.165, 1.54) is 22.7 Å². The van der Waals surface area contributed by atoms with E-state index in [2.05, 4.69) is 11.9 Å². The average molecular weight is 494 g/mol. The van der Waals surface area contributed by atoms with Gasteiger partial charge in [-0.3, -0.25) is 9.59 Å². The fraction of sp³-hybridized carbons (Fsp3) is 0.652. The highest BCUT2D eigenvalue weighted by Crippen LogP contribution is 2.52. The summed E-state index contributed by atoms with van der Waals surface area (Å²) in [5.41, 5.74) is -0.0243. The van der Waals surface area contributed by atoms with E-state index in [1.54, 1.807) is 11.8 Å². The van der Waals surface area contributed by atoms with E-state index in [0.29, 0.717) is 37.3 Å². The summed E-state index contributed by atoms with van der Waals surface area (Å²) in [5, 5.41) is 22.6. The molecule has 3 saturated heterocycles. The van der Waals surface area contributed by atoms with Gasteiger partial charge < -0.3 is 30.1 Å². The Kier molecular flexibility index (Phi) is 6.95. The van der Waals surface area contributed by atoms with Crippen LogP contribution in [-0.4, -0.2) is 87.0 Å². The van der Waals surface area contributed by atoms with Gasteiger partial charge in [-0.2, -0.15) is 0 Å². The molecule has 3 amide bonds. The molecule has 4 rings (SSSR count). The maximum atomic E-state index is 12.7. The number of nitrogens with one attached hydrogen (secondary N) is 1. The zero-order valence-corrected chi connectivity index (χ0v) is 20.1. The van der Waals surface area contributed by atoms with E-state index < -0.39 is 24.1 Å². The third kappa shape index (κ3) is 4.19. The van der Waals surface area contributed by atoms with Crippen LogP contribution in [0.1, 0.15) is 33.1 Å². The molecule has 0 aromatic heterocycles. The number of carbonyl (C=O) groups is 4. The summed E-state index contributed by atoms with van der Waals surface area (Å²) in [6.45, 7) is 8.04. The molecule has 186 valence electrons. The summed E-state index contributed by atoms with van der Waals surface area (Å²) in [7, 11) is 0. The number of carboxylic acids is 1. The fourth-order valence-electron chi connectivity index (χ4n) is 5.68. The molecule has 10 nitrogen and oxygen atoms in total. The van der Waals surface area contributed by atoms with E-state index in [-0.39, 0.29) is 53.3 Å². The largest absolute Gasteiger partial charge is 0.477 e. The first-order valence-corrected chi connectivity index (χ1v) is 12.5. The van der Waals surface area contributed by atoms with E-state index in [9.17, 15) is 29.4 Å². The first-order chi connectivity index (χ1) is 16.1. The molecule has 0 bridgehead atoms. The number of thioether (sulfide) groups is 1. The van der Waals surface area contributed by atoms with Crippen LogP contribution < -0.4 is 5.32 Å². The molecule has 4 aliphatic rings. The summed E-state index contributed by atoms with van der Waals surface area (Å²) in [4.78, 5) is 53.1. The predicted octanol–water partition coefficient (Wildman–Crippen LogP) is 1.17. The number of aliphatic hydroxyl groups is 1. The molecule has 0 saturated carbocycles. The van der Waals surface area contributed by atoms with Gasteiger partial charge in [0.05, 0.1) is 18.1 Å². The monoisotopic (exact) mass is 493 g/mol. The van der Waals surface area contributed by atoms with E-state index in [4.69, 9.17) is 4.74 Å². The Morgan fingerprint density at radius 2 is 2.12 bits per heavy atom. The van der Waals surface area contributed by atoms with Crippen molar-refractivity contribution in [3.63, 3.8) is 0 Å². The lowest BCUT2D eigenvalue weighted by molar-refractivity contribution is -0.163. The molecule has 0 aliphatic carbocycles. The van der Waals surface area contributed by atoms with Gasteiger partial charge >= 0.3 is 12.1 Å². The van der Waals surface area contributed by atoms with Crippen LogP contribution in [-0.2, 0) is 19.1 Å². The molecule has 0 aromatic rings. The topological polar surface area (TPSA) is 136 Å². The number of rotatable bonds is 8. The van der Waals surface area contributed by atoms with Crippen molar-refractivity contribution in [3.05, 3.63) is 23.3 Å². The average Bonchev–Trinajstić information content (AvgIpc) is 3.43. The van der Waals surface area contributed by atoms with Crippen LogP contribution in [0.4, 0.5) is 4.79 Å². The summed E-state index contributed by atoms with van der Waals surface area (Å²) in [6, 6.07) is -0.590. The van der Waals surface area contributed by atoms with Crippen molar-refractivity contribution in [3.8, 4) is 0 Å². The molecule has 3 N–H and O–H groups in total. The molecule has 0 aromatic carbocycles. The third-order valence-corrected chi connectivity index (χ3v) is 8.75. The summed E-state index contributed by atoms with van der Waals surface area (Å²) >= 11 is 1.38. The number of carbonyl (C=O) groups excluding carboxylic acids is 3. The number of amides is 3. The molecule has 7 atom stereocenters. The Hall–Kier alpha value is -2.53. The van der Waals surface area contributed by atoms with E-state index >= 15 is 0 Å². The van der Waals surface area contributed by atoms with Crippen LogP contribution in [0.2, 0.25) is 0 Å². The Labute approximate surface area is 202 Å². The van der Waals surface area contributed by atoms with Crippen molar-refractivity contribution in [2.24, 2.45) is 17.8 Å². The number of nitrogens with zero attached hydrogens (tertiary/aromatic N) is 2. The van der Waals surface area contributed by atoms with Gasteiger partial charge in [-0.1, -0.05) is 19.6 Å². The first kappa shape index (κ1) is 24.6. The molecule has 3 fully saturated rings. The van der Waals surface area contributed by atoms with Crippen LogP contribution in [0, 0.1) is 17.8 Å². The highest BCUT2D eigenvalue weighted by atomic mass is 32.2. The maximum Gasteiger partial charge on any atom is 0.410 e. The highest BCUT2D eigenvalue weighted by Gasteiger charge is 2.60. The maximum absolute atomic E-state index is 12.7. The SMILES string of the molecule is C=CCOC(=O)N1C[C@@H](SC2=C(C(=O)O)N3C(=O)[C@H]([C@@H](C)O)[C@H]3[C@H]2C)C[C@H]1CC1CCNC1=O. The molecular weight excluding hydrogens is 462 g/mol. The van der Waals surface area contributed by atoms with Crippen molar-refractivity contribution in [1.29, 1.82) is 0 Å². The van der Waals surface area contributed by atoms with Gasteiger partial charge in [-0.15, -0.1) is 11.8 Å². The molecule has 11 heteroatoms. The lowest BCUT2D eigenvalue weighted by Crippen LogP contribution is -2.63. The van der Waals surface area contributed by atoms with Crippen molar-refractivity contribution < 1.29 is 34.1 Å². The first-order valence-electron chi connectivity index (χ1n) is 11.6. The zero-order chi connectivity index (χ0) is 24.7. The van der Waals surface area contributed by atoms with Crippen LogP contribution in [0.3, 0.4) is 0 Å². The number of ether oxygens (including phenoxy) is 1. The zero-order valence-electron chi connectivity index (χ0n) is 19.3. The molecule has 4 aliphatic heterocycles. The van der Waals surface area contributed by atoms with Gasteiger partial charge in [-0.25, -0.2) is 9.59 Å². The van der Waals surface area contributed by atoms with Crippen molar-refractivity contribution >= 4 is 35.6 Å². The number of carboxylic acid groups (broad SMARTS) is 1. The number of hydrogen-bond donors (Lipinski definition) is 3. The number of aliphatic hydroxyl groups excluding tert-OH is 1. The molecule has 34 heavy (non-hydrogen) atoms. The molecule has 1 unspecified atom stereocenters. The third-order valence-electron chi connectivity index (χ3n) is 7.26. The summed E-state index contributed by atoms with van der Waals surface area (Å²) in [5.74, 6) is -2.59. The van der Waals surface area contributed by atoms with Crippen molar-refractivity contribution in [2.45, 2.75) is 56.5 Å². The normalized spacial score (nSPS) is 33.5. The lowest BCUT2D eigenvalue weighted by atomic mass is 9.79. The van der Waals surface area contributed by atoms with E-state index in [0.717, 1.165) is 0 Å². The number of aliphatic carboxylic acids is 1. The van der Waals surface area contributed by atoms with Gasteiger partial charge in [0.2, 0.25) is 11.8 Å². The van der Waals surface area contributed by atoms with Crippen LogP contribution >= 0.6 is 11.8 Å². The van der Waals surface area contributed by atoms with Crippen LogP contribution in [0.5, 0.6) is 0 Å². The Bertz CT molecular complexity index is 936. The van der Waals surface area contributed by atoms with Crippen LogP contribution in [0.25, 0.3) is 0 Å². The van der Waals surface area contributed by atoms with Crippen molar-refractivity contribution in [2.75, 3.05) is 19.7 Å². The lowest BCUT2D eigenvalue weighted by Gasteiger charge is -2.46. The van der Waals surface area contributed by atoms with Gasteiger partial charge in [0.15, 0.2) is 0 Å². The Morgan fingerprint density at radius 1 is 1.38 bits per heavy atom. The van der Waals surface area contributed by atoms with E-state index in [1.807, 2.05) is 6.92 Å². The van der Waals surface area contributed by atoms with Gasteiger partial charge in [0, 0.05) is 41.1 Å². The van der Waals surface area contributed by atoms with Gasteiger partial charge in [-0.05, 0) is 26.2 Å². The molecule has 0 radical (unpaired) electrons. The number of hydrogen-bond acceptors (Lipinski definition) is 7. The number of β-lactam (4-membered cyclic amide) rings is 1. The standard InChI is InChI=1S/C23H31N3O7S/c1-4-7-33-23(32)25-10-15(9-14(25)8-13-5-6-24-20(13)28)34-19-11(2)17-16(12(3)27)21(29)26(17)18(19)22(30)31/h4,11-17,27H,1,5-10H2,2-3H3,(H,24,28)(H,30,31)/t11-,12-,13?,14-,15+,16-,17-/m1/s1. The predicted molar refractivity (Wildman–Crippen MR) is 123 cm³/mol. The number of fused-ring (bicyclic) bond motifs is 1. The van der Waals surface area contributed by atoms with Crippen LogP contribution in [0.15, 0.2) is 23.3 Å². The Morgan fingerprint density at radius 3 is 2.71 bits per heavy atom. The van der Waals surface area contributed by atoms with Gasteiger partial charge in [0.1, 0.15) is 12.3 Å². The minimum atomic E-state index is -1.17. The molecular formula is C23H31N3O7S. The quantitative estimate of drug-likeness (QED) is 0.339. The van der Waals surface area contributed by atoms with Crippen molar-refractivity contribution in [1.82, 2.24) is 15.1 Å². The smallest absolute Gasteiger partial charge is 0.410 e. The fourth-order valence-corrected chi connectivity index (χ4v) is 7.24. The minimum absolute atomic E-state index is 0.0112. The second kappa shape index (κ2) is 9.61. The Balaban J connectivity index is 1.53. The summed E-state index contributed by atoms with van der Waals surface area (Å²) < 4.78 is 5.27. The second-order valence-corrected chi connectivity index (χ2v) is 10.8. The highest BCUT2D eigenvalue weighted by molar-refractivity contribution is 8.03. The second-order valence-electron chi connectivity index (χ2n) is 9.43. The molecule has 4 heterocycles. The number of likely N-dealkylation sites (tertiary alicyclic amines) is 1. The van der Waals surface area contributed by atoms with Gasteiger partial charge in [0.25, 0.3) is 0 Å². The minimum Gasteiger partial charge on any atom is -0.477 e. The summed E-state index contributed by atoms with van der Waals surface area (Å²) in [6.07, 6.45) is 1.96. The molecule has 0 spiro atoms.